The molecule has 1 aliphatic carbocycles. The fraction of sp³-hybridized carbons (Fsp3) is 0.562. The van der Waals surface area contributed by atoms with E-state index >= 15 is 0 Å². The van der Waals surface area contributed by atoms with Gasteiger partial charge in [0, 0.05) is 12.1 Å². The van der Waals surface area contributed by atoms with E-state index in [1.807, 2.05) is 30.3 Å². The Bertz CT molecular complexity index is 406. The smallest absolute Gasteiger partial charge is 0.407 e. The number of amides is 1. The third-order valence-electron chi connectivity index (χ3n) is 3.75. The lowest BCUT2D eigenvalue weighted by Gasteiger charge is -2.32. The summed E-state index contributed by atoms with van der Waals surface area (Å²) in [4.78, 5) is 11.9. The van der Waals surface area contributed by atoms with Gasteiger partial charge in [0.15, 0.2) is 0 Å². The minimum Gasteiger partial charge on any atom is -0.445 e. The summed E-state index contributed by atoms with van der Waals surface area (Å²) in [6.45, 7) is 3.35. The lowest BCUT2D eigenvalue weighted by atomic mass is 9.90. The standard InChI is InChI=1S/C16H24N2O2/c1-2-17-14-10-6-7-11-15(14)18-16(19)20-12-13-8-4-3-5-9-13/h3-5,8-9,14-15,17H,2,6-7,10-12H2,1H3,(H,18,19)/t14-,15+/m0/s1. The Morgan fingerprint density at radius 3 is 2.60 bits per heavy atom. The zero-order chi connectivity index (χ0) is 14.2. The van der Waals surface area contributed by atoms with E-state index < -0.39 is 0 Å². The maximum absolute atomic E-state index is 11.9. The molecule has 4 nitrogen and oxygen atoms in total. The van der Waals surface area contributed by atoms with E-state index in [4.69, 9.17) is 4.74 Å². The number of benzene rings is 1. The van der Waals surface area contributed by atoms with Gasteiger partial charge < -0.3 is 15.4 Å². The van der Waals surface area contributed by atoms with E-state index in [1.165, 1.54) is 12.8 Å². The van der Waals surface area contributed by atoms with Crippen molar-refractivity contribution in [2.75, 3.05) is 6.54 Å². The van der Waals surface area contributed by atoms with Crippen molar-refractivity contribution in [1.82, 2.24) is 10.6 Å². The third-order valence-corrected chi connectivity index (χ3v) is 3.75. The van der Waals surface area contributed by atoms with Gasteiger partial charge in [-0.25, -0.2) is 4.79 Å². The van der Waals surface area contributed by atoms with Gasteiger partial charge >= 0.3 is 6.09 Å². The van der Waals surface area contributed by atoms with Crippen molar-refractivity contribution in [2.45, 2.75) is 51.3 Å². The maximum atomic E-state index is 11.9. The van der Waals surface area contributed by atoms with E-state index in [1.54, 1.807) is 0 Å². The van der Waals surface area contributed by atoms with E-state index in [9.17, 15) is 4.79 Å². The molecule has 0 aliphatic heterocycles. The molecular weight excluding hydrogens is 252 g/mol. The van der Waals surface area contributed by atoms with Gasteiger partial charge in [-0.1, -0.05) is 50.1 Å². The Kier molecular flexibility index (Phi) is 5.87. The number of alkyl carbamates (subject to hydrolysis) is 1. The minimum atomic E-state index is -0.316. The van der Waals surface area contributed by atoms with Crippen LogP contribution in [0.25, 0.3) is 0 Å². The first-order valence-corrected chi connectivity index (χ1v) is 7.50. The van der Waals surface area contributed by atoms with Crippen molar-refractivity contribution in [1.29, 1.82) is 0 Å². The Balaban J connectivity index is 1.78. The number of likely N-dealkylation sites (N-methyl/N-ethyl adjacent to an activating group) is 1. The van der Waals surface area contributed by atoms with E-state index in [0.29, 0.717) is 12.6 Å². The number of rotatable bonds is 5. The van der Waals surface area contributed by atoms with Gasteiger partial charge in [-0.3, -0.25) is 0 Å². The van der Waals surface area contributed by atoms with Crippen LogP contribution in [0.15, 0.2) is 30.3 Å². The van der Waals surface area contributed by atoms with Crippen LogP contribution < -0.4 is 10.6 Å². The first kappa shape index (κ1) is 14.9. The molecule has 1 aliphatic rings. The molecule has 2 N–H and O–H groups in total. The Hall–Kier alpha value is -1.55. The summed E-state index contributed by atoms with van der Waals surface area (Å²) in [6, 6.07) is 10.3. The topological polar surface area (TPSA) is 50.4 Å². The van der Waals surface area contributed by atoms with E-state index in [-0.39, 0.29) is 12.1 Å². The molecule has 0 radical (unpaired) electrons. The number of carbonyl (C=O) groups excluding carboxylic acids is 1. The van der Waals surface area contributed by atoms with Crippen LogP contribution in [0.1, 0.15) is 38.2 Å². The molecule has 0 unspecified atom stereocenters. The molecule has 2 rings (SSSR count). The van der Waals surface area contributed by atoms with Gasteiger partial charge in [-0.05, 0) is 24.9 Å². The highest BCUT2D eigenvalue weighted by Gasteiger charge is 2.25. The molecule has 110 valence electrons. The van der Waals surface area contributed by atoms with Crippen LogP contribution in [0.3, 0.4) is 0 Å². The highest BCUT2D eigenvalue weighted by Crippen LogP contribution is 2.18. The highest BCUT2D eigenvalue weighted by molar-refractivity contribution is 5.67. The van der Waals surface area contributed by atoms with Gasteiger partial charge in [0.2, 0.25) is 0 Å². The van der Waals surface area contributed by atoms with Crippen LogP contribution >= 0.6 is 0 Å². The second-order valence-corrected chi connectivity index (χ2v) is 5.26. The first-order valence-electron chi connectivity index (χ1n) is 7.50. The van der Waals surface area contributed by atoms with Crippen LogP contribution in [-0.2, 0) is 11.3 Å². The molecule has 1 amide bonds. The fourth-order valence-electron chi connectivity index (χ4n) is 2.73. The molecule has 0 aromatic heterocycles. The lowest BCUT2D eigenvalue weighted by Crippen LogP contribution is -2.51. The zero-order valence-electron chi connectivity index (χ0n) is 12.1. The van der Waals surface area contributed by atoms with Gasteiger partial charge in [-0.2, -0.15) is 0 Å². The summed E-state index contributed by atoms with van der Waals surface area (Å²) < 4.78 is 5.28. The number of hydrogen-bond acceptors (Lipinski definition) is 3. The van der Waals surface area contributed by atoms with Gasteiger partial charge in [0.05, 0.1) is 0 Å². The predicted molar refractivity (Wildman–Crippen MR) is 79.5 cm³/mol. The van der Waals surface area contributed by atoms with Crippen molar-refractivity contribution < 1.29 is 9.53 Å². The molecule has 1 fully saturated rings. The van der Waals surface area contributed by atoms with Crippen LogP contribution in [0, 0.1) is 0 Å². The van der Waals surface area contributed by atoms with Crippen LogP contribution in [0.5, 0.6) is 0 Å². The fourth-order valence-corrected chi connectivity index (χ4v) is 2.73. The van der Waals surface area contributed by atoms with Crippen LogP contribution in [0.2, 0.25) is 0 Å². The Morgan fingerprint density at radius 2 is 1.90 bits per heavy atom. The van der Waals surface area contributed by atoms with Gasteiger partial charge in [-0.15, -0.1) is 0 Å². The molecule has 1 aromatic carbocycles. The van der Waals surface area contributed by atoms with E-state index in [2.05, 4.69) is 17.6 Å². The second kappa shape index (κ2) is 7.90. The average molecular weight is 276 g/mol. The number of nitrogens with one attached hydrogen (secondary N) is 2. The van der Waals surface area contributed by atoms with Crippen LogP contribution in [0.4, 0.5) is 4.79 Å². The molecule has 1 saturated carbocycles. The summed E-state index contributed by atoms with van der Waals surface area (Å²) in [7, 11) is 0. The molecule has 2 atom stereocenters. The zero-order valence-corrected chi connectivity index (χ0v) is 12.1. The maximum Gasteiger partial charge on any atom is 0.407 e. The monoisotopic (exact) mass is 276 g/mol. The largest absolute Gasteiger partial charge is 0.445 e. The van der Waals surface area contributed by atoms with Crippen LogP contribution in [-0.4, -0.2) is 24.7 Å². The predicted octanol–water partition coefficient (Wildman–Crippen LogP) is 2.83. The highest BCUT2D eigenvalue weighted by atomic mass is 16.5. The molecule has 20 heavy (non-hydrogen) atoms. The summed E-state index contributed by atoms with van der Waals surface area (Å²) in [5, 5.41) is 6.44. The van der Waals surface area contributed by atoms with Crippen molar-refractivity contribution in [3.63, 3.8) is 0 Å². The quantitative estimate of drug-likeness (QED) is 0.869. The molecule has 0 saturated heterocycles. The molecule has 4 heteroatoms. The molecular formula is C16H24N2O2. The number of ether oxygens (including phenoxy) is 1. The SMILES string of the molecule is CCN[C@H]1CCCC[C@H]1NC(=O)OCc1ccccc1. The molecule has 0 heterocycles. The summed E-state index contributed by atoms with van der Waals surface area (Å²) in [6.07, 6.45) is 4.24. The minimum absolute atomic E-state index is 0.187. The Morgan fingerprint density at radius 1 is 1.20 bits per heavy atom. The third kappa shape index (κ3) is 4.53. The lowest BCUT2D eigenvalue weighted by molar-refractivity contribution is 0.129. The normalized spacial score (nSPS) is 22.2. The van der Waals surface area contributed by atoms with Crippen molar-refractivity contribution in [2.24, 2.45) is 0 Å². The first-order chi connectivity index (χ1) is 9.79. The van der Waals surface area contributed by atoms with Crippen molar-refractivity contribution in [3.8, 4) is 0 Å². The number of hydrogen-bond donors (Lipinski definition) is 2. The number of carbonyl (C=O) groups is 1. The molecule has 1 aromatic rings. The Labute approximate surface area is 120 Å². The average Bonchev–Trinajstić information content (AvgIpc) is 2.49. The second-order valence-electron chi connectivity index (χ2n) is 5.26. The van der Waals surface area contributed by atoms with E-state index in [0.717, 1.165) is 24.9 Å². The molecule has 0 bridgehead atoms. The summed E-state index contributed by atoms with van der Waals surface area (Å²) in [5.74, 6) is 0. The van der Waals surface area contributed by atoms with Crippen molar-refractivity contribution >= 4 is 6.09 Å². The summed E-state index contributed by atoms with van der Waals surface area (Å²) in [5.41, 5.74) is 1.01. The van der Waals surface area contributed by atoms with Gasteiger partial charge in [0.1, 0.15) is 6.61 Å². The van der Waals surface area contributed by atoms with Gasteiger partial charge in [0.25, 0.3) is 0 Å². The molecule has 0 spiro atoms. The van der Waals surface area contributed by atoms with Crippen molar-refractivity contribution in [3.05, 3.63) is 35.9 Å². The summed E-state index contributed by atoms with van der Waals surface area (Å²) >= 11 is 0.